The Morgan fingerprint density at radius 2 is 1.76 bits per heavy atom. The normalized spacial score (nSPS) is 11.5. The molecule has 120 valence electrons. The van der Waals surface area contributed by atoms with E-state index in [-0.39, 0.29) is 38.4 Å². The van der Waals surface area contributed by atoms with Gasteiger partial charge in [-0.05, 0) is 0 Å². The summed E-state index contributed by atoms with van der Waals surface area (Å²) < 4.78 is 9.53. The molecule has 0 saturated carbocycles. The van der Waals surface area contributed by atoms with E-state index in [9.17, 15) is 14.4 Å². The number of hydrogen-bond donors (Lipinski definition) is 3. The third-order valence-electron chi connectivity index (χ3n) is 2.46. The standard InChI is InChI=1S/C13H22N2O6/c1-9(7-20-2)14-6-10(15-12(17)8-21-3)11(16)4-5-13(18)19/h10,14H,1,4-8H2,2-3H3,(H,15,17)(H,18,19). The number of methoxy groups -OCH3 is 2. The predicted octanol–water partition coefficient (Wildman–Crippen LogP) is -0.699. The van der Waals surface area contributed by atoms with Crippen molar-refractivity contribution in [3.63, 3.8) is 0 Å². The van der Waals surface area contributed by atoms with E-state index in [1.165, 1.54) is 14.2 Å². The maximum absolute atomic E-state index is 11.9. The molecule has 0 heterocycles. The van der Waals surface area contributed by atoms with Crippen molar-refractivity contribution < 1.29 is 29.0 Å². The van der Waals surface area contributed by atoms with Gasteiger partial charge in [0, 0.05) is 32.9 Å². The second-order valence-electron chi connectivity index (χ2n) is 4.33. The number of ether oxygens (including phenoxy) is 2. The third-order valence-corrected chi connectivity index (χ3v) is 2.46. The van der Waals surface area contributed by atoms with Crippen LogP contribution in [0.5, 0.6) is 0 Å². The number of carbonyl (C=O) groups excluding carboxylic acids is 2. The quantitative estimate of drug-likeness (QED) is 0.437. The summed E-state index contributed by atoms with van der Waals surface area (Å²) in [7, 11) is 2.86. The van der Waals surface area contributed by atoms with Crippen LogP contribution in [0, 0.1) is 0 Å². The molecule has 0 rings (SSSR count). The highest BCUT2D eigenvalue weighted by Crippen LogP contribution is 1.98. The molecule has 8 nitrogen and oxygen atoms in total. The highest BCUT2D eigenvalue weighted by Gasteiger charge is 2.21. The monoisotopic (exact) mass is 302 g/mol. The third kappa shape index (κ3) is 9.58. The molecule has 0 aromatic carbocycles. The van der Waals surface area contributed by atoms with E-state index in [0.717, 1.165) is 0 Å². The summed E-state index contributed by atoms with van der Waals surface area (Å²) in [4.78, 5) is 33.9. The van der Waals surface area contributed by atoms with Gasteiger partial charge in [-0.3, -0.25) is 14.4 Å². The summed E-state index contributed by atoms with van der Waals surface area (Å²) in [6, 6.07) is -0.847. The number of carboxylic acid groups (broad SMARTS) is 1. The molecule has 0 aromatic heterocycles. The Morgan fingerprint density at radius 1 is 1.14 bits per heavy atom. The molecule has 1 amide bonds. The first-order valence-electron chi connectivity index (χ1n) is 6.34. The number of amides is 1. The number of rotatable bonds is 12. The molecule has 0 aromatic rings. The fourth-order valence-electron chi connectivity index (χ4n) is 1.49. The van der Waals surface area contributed by atoms with Crippen LogP contribution in [0.1, 0.15) is 12.8 Å². The van der Waals surface area contributed by atoms with Gasteiger partial charge in [0.15, 0.2) is 5.78 Å². The Morgan fingerprint density at radius 3 is 2.29 bits per heavy atom. The first-order valence-corrected chi connectivity index (χ1v) is 6.34. The Kier molecular flexibility index (Phi) is 9.82. The fraction of sp³-hybridized carbons (Fsp3) is 0.615. The fourth-order valence-corrected chi connectivity index (χ4v) is 1.49. The SMILES string of the molecule is C=C(COC)NCC(NC(=O)COC)C(=O)CCC(=O)O. The van der Waals surface area contributed by atoms with Gasteiger partial charge in [-0.2, -0.15) is 0 Å². The molecule has 3 N–H and O–H groups in total. The number of carbonyl (C=O) groups is 3. The van der Waals surface area contributed by atoms with Crippen LogP contribution >= 0.6 is 0 Å². The first-order chi connectivity index (χ1) is 9.90. The molecule has 0 radical (unpaired) electrons. The molecular formula is C13H22N2O6. The van der Waals surface area contributed by atoms with Crippen molar-refractivity contribution >= 4 is 17.7 Å². The summed E-state index contributed by atoms with van der Waals surface area (Å²) >= 11 is 0. The zero-order valence-electron chi connectivity index (χ0n) is 12.3. The number of Topliss-reactive ketones (excluding diaryl/α,β-unsaturated/α-hetero) is 1. The molecule has 0 saturated heterocycles. The second kappa shape index (κ2) is 10.8. The molecule has 0 aliphatic carbocycles. The van der Waals surface area contributed by atoms with E-state index in [1.807, 2.05) is 0 Å². The Labute approximate surface area is 123 Å². The minimum absolute atomic E-state index is 0.107. The topological polar surface area (TPSA) is 114 Å². The van der Waals surface area contributed by atoms with Gasteiger partial charge in [-0.25, -0.2) is 0 Å². The Balaban J connectivity index is 4.52. The van der Waals surface area contributed by atoms with E-state index in [0.29, 0.717) is 5.70 Å². The maximum Gasteiger partial charge on any atom is 0.303 e. The van der Waals surface area contributed by atoms with Crippen LogP contribution in [0.2, 0.25) is 0 Å². The molecule has 8 heteroatoms. The zero-order chi connectivity index (χ0) is 16.3. The maximum atomic E-state index is 11.9. The molecule has 1 unspecified atom stereocenters. The average Bonchev–Trinajstić information content (AvgIpc) is 2.41. The second-order valence-corrected chi connectivity index (χ2v) is 4.33. The van der Waals surface area contributed by atoms with Gasteiger partial charge in [0.2, 0.25) is 5.91 Å². The largest absolute Gasteiger partial charge is 0.481 e. The Hall–Kier alpha value is -1.93. The minimum Gasteiger partial charge on any atom is -0.481 e. The number of hydrogen-bond acceptors (Lipinski definition) is 6. The van der Waals surface area contributed by atoms with Crippen LogP contribution in [0.15, 0.2) is 12.3 Å². The number of ketones is 1. The van der Waals surface area contributed by atoms with Gasteiger partial charge in [-0.15, -0.1) is 0 Å². The van der Waals surface area contributed by atoms with Gasteiger partial charge in [0.25, 0.3) is 0 Å². The van der Waals surface area contributed by atoms with Crippen molar-refractivity contribution in [2.45, 2.75) is 18.9 Å². The van der Waals surface area contributed by atoms with E-state index in [4.69, 9.17) is 9.84 Å². The summed E-state index contributed by atoms with van der Waals surface area (Å²) in [5, 5.41) is 13.9. The highest BCUT2D eigenvalue weighted by atomic mass is 16.5. The van der Waals surface area contributed by atoms with Gasteiger partial charge in [-0.1, -0.05) is 6.58 Å². The van der Waals surface area contributed by atoms with Crippen molar-refractivity contribution in [3.05, 3.63) is 12.3 Å². The van der Waals surface area contributed by atoms with E-state index in [1.54, 1.807) is 0 Å². The molecule has 1 atom stereocenters. The van der Waals surface area contributed by atoms with Gasteiger partial charge in [0.1, 0.15) is 12.6 Å². The zero-order valence-corrected chi connectivity index (χ0v) is 12.3. The summed E-state index contributed by atoms with van der Waals surface area (Å²) in [6.07, 6.45) is -0.444. The van der Waals surface area contributed by atoms with Crippen molar-refractivity contribution in [2.24, 2.45) is 0 Å². The smallest absolute Gasteiger partial charge is 0.303 e. The van der Waals surface area contributed by atoms with Gasteiger partial charge in [0.05, 0.1) is 13.0 Å². The lowest BCUT2D eigenvalue weighted by atomic mass is 10.1. The van der Waals surface area contributed by atoms with Crippen molar-refractivity contribution in [3.8, 4) is 0 Å². The number of aliphatic carboxylic acids is 1. The van der Waals surface area contributed by atoms with Crippen LogP contribution in [-0.4, -0.2) is 62.8 Å². The highest BCUT2D eigenvalue weighted by molar-refractivity contribution is 5.91. The number of carboxylic acids is 1. The Bertz CT molecular complexity index is 383. The summed E-state index contributed by atoms with van der Waals surface area (Å²) in [6.45, 7) is 3.88. The minimum atomic E-state index is -1.07. The molecule has 0 spiro atoms. The summed E-state index contributed by atoms with van der Waals surface area (Å²) in [5.41, 5.74) is 0.550. The average molecular weight is 302 g/mol. The van der Waals surface area contributed by atoms with Gasteiger partial charge >= 0.3 is 5.97 Å². The molecule has 0 aliphatic heterocycles. The lowest BCUT2D eigenvalue weighted by molar-refractivity contribution is -0.138. The summed E-state index contributed by atoms with van der Waals surface area (Å²) in [5.74, 6) is -1.90. The van der Waals surface area contributed by atoms with E-state index in [2.05, 4.69) is 21.9 Å². The molecule has 0 aliphatic rings. The lowest BCUT2D eigenvalue weighted by Gasteiger charge is -2.19. The van der Waals surface area contributed by atoms with Crippen LogP contribution < -0.4 is 10.6 Å². The van der Waals surface area contributed by atoms with Crippen LogP contribution in [0.4, 0.5) is 0 Å². The lowest BCUT2D eigenvalue weighted by Crippen LogP contribution is -2.48. The van der Waals surface area contributed by atoms with Gasteiger partial charge < -0.3 is 25.2 Å². The predicted molar refractivity (Wildman–Crippen MR) is 74.7 cm³/mol. The number of nitrogens with one attached hydrogen (secondary N) is 2. The molecule has 21 heavy (non-hydrogen) atoms. The van der Waals surface area contributed by atoms with Crippen LogP contribution in [-0.2, 0) is 23.9 Å². The van der Waals surface area contributed by atoms with E-state index >= 15 is 0 Å². The molecule has 0 bridgehead atoms. The van der Waals surface area contributed by atoms with Crippen molar-refractivity contribution in [2.75, 3.05) is 34.0 Å². The van der Waals surface area contributed by atoms with Crippen LogP contribution in [0.3, 0.4) is 0 Å². The first kappa shape index (κ1) is 19.1. The van der Waals surface area contributed by atoms with E-state index < -0.39 is 17.9 Å². The molecule has 0 fully saturated rings. The van der Waals surface area contributed by atoms with Crippen LogP contribution in [0.25, 0.3) is 0 Å². The van der Waals surface area contributed by atoms with Crippen molar-refractivity contribution in [1.29, 1.82) is 0 Å². The molecular weight excluding hydrogens is 280 g/mol. The van der Waals surface area contributed by atoms with Crippen molar-refractivity contribution in [1.82, 2.24) is 10.6 Å².